The third-order valence-corrected chi connectivity index (χ3v) is 6.81. The number of aromatic nitrogens is 7. The molecule has 12 nitrogen and oxygen atoms in total. The van der Waals surface area contributed by atoms with Crippen molar-refractivity contribution in [1.29, 1.82) is 0 Å². The minimum absolute atomic E-state index is 0. The summed E-state index contributed by atoms with van der Waals surface area (Å²) in [6.07, 6.45) is 16.2. The van der Waals surface area contributed by atoms with Gasteiger partial charge in [0.2, 0.25) is 0 Å². The van der Waals surface area contributed by atoms with E-state index in [2.05, 4.69) is 63.0 Å². The summed E-state index contributed by atoms with van der Waals surface area (Å²) in [5, 5.41) is 19.9. The fourth-order valence-corrected chi connectivity index (χ4v) is 4.76. The van der Waals surface area contributed by atoms with Crippen LogP contribution in [0.25, 0.3) is 10.4 Å². The van der Waals surface area contributed by atoms with Gasteiger partial charge >= 0.3 is 0 Å². The van der Waals surface area contributed by atoms with E-state index in [1.54, 1.807) is 35.1 Å². The Balaban J connectivity index is 0.000000342. The fourth-order valence-electron chi connectivity index (χ4n) is 3.44. The number of unbranched alkanes of at least 4 members (excludes halogenated alkanes) is 1. The molecule has 5 rings (SSSR count). The first-order valence-corrected chi connectivity index (χ1v) is 14.4. The summed E-state index contributed by atoms with van der Waals surface area (Å²) in [5.74, 6) is 3.53. The van der Waals surface area contributed by atoms with Gasteiger partial charge < -0.3 is 21.4 Å². The molecule has 0 aliphatic rings. The minimum atomic E-state index is 0. The zero-order chi connectivity index (χ0) is 28.4. The first-order chi connectivity index (χ1) is 19.6. The van der Waals surface area contributed by atoms with Crippen LogP contribution in [0.5, 0.6) is 0 Å². The van der Waals surface area contributed by atoms with Crippen molar-refractivity contribution >= 4 is 59.4 Å². The van der Waals surface area contributed by atoms with E-state index in [4.69, 9.17) is 23.4 Å². The number of nitrogens with zero attached hydrogens (tertiary/aromatic N) is 8. The molecule has 5 aromatic rings. The van der Waals surface area contributed by atoms with Crippen molar-refractivity contribution < 1.29 is 0 Å². The topological polar surface area (TPSA) is 189 Å². The van der Waals surface area contributed by atoms with Gasteiger partial charge in [0.15, 0.2) is 11.9 Å². The van der Waals surface area contributed by atoms with Crippen LogP contribution in [0.15, 0.2) is 57.4 Å². The molecule has 0 fully saturated rings. The van der Waals surface area contributed by atoms with Gasteiger partial charge in [-0.3, -0.25) is 0 Å². The van der Waals surface area contributed by atoms with Gasteiger partial charge in [-0.25, -0.2) is 14.6 Å². The Morgan fingerprint density at radius 1 is 0.952 bits per heavy atom. The van der Waals surface area contributed by atoms with Gasteiger partial charge in [0.25, 0.3) is 0 Å². The van der Waals surface area contributed by atoms with E-state index in [1.807, 2.05) is 27.7 Å². The van der Waals surface area contributed by atoms with Crippen molar-refractivity contribution in [3.05, 3.63) is 90.9 Å². The molecule has 0 aliphatic heterocycles. The second kappa shape index (κ2) is 20.8. The summed E-state index contributed by atoms with van der Waals surface area (Å²) in [5.41, 5.74) is 24.3. The molecule has 5 heterocycles. The van der Waals surface area contributed by atoms with Crippen LogP contribution >= 0.6 is 47.5 Å². The molecule has 0 unspecified atom stereocenters. The maximum absolute atomic E-state index is 7.93. The number of azide groups is 1. The number of imidazole rings is 2. The zero-order valence-corrected chi connectivity index (χ0v) is 26.1. The van der Waals surface area contributed by atoms with Crippen molar-refractivity contribution in [1.82, 2.24) is 34.9 Å². The van der Waals surface area contributed by atoms with Crippen molar-refractivity contribution in [2.24, 2.45) is 5.11 Å². The van der Waals surface area contributed by atoms with Crippen molar-refractivity contribution in [3.63, 3.8) is 0 Å². The number of thiophene rings is 2. The number of halogens is 2. The van der Waals surface area contributed by atoms with Gasteiger partial charge in [-0.1, -0.05) is 10.3 Å². The molecule has 0 bridgehead atoms. The lowest BCUT2D eigenvalue weighted by Gasteiger charge is -1.96. The molecule has 0 saturated carbocycles. The van der Waals surface area contributed by atoms with Crippen molar-refractivity contribution in [3.8, 4) is 12.3 Å². The predicted molar refractivity (Wildman–Crippen MR) is 175 cm³/mol. The third-order valence-electron chi connectivity index (χ3n) is 5.35. The highest BCUT2D eigenvalue weighted by Gasteiger charge is 2.04. The van der Waals surface area contributed by atoms with Crippen LogP contribution in [0.2, 0.25) is 0 Å². The van der Waals surface area contributed by atoms with E-state index in [1.165, 1.54) is 5.56 Å². The highest BCUT2D eigenvalue weighted by Crippen LogP contribution is 2.10. The molecule has 5 aromatic heterocycles. The number of nitrogens with one attached hydrogen (secondary N) is 2. The van der Waals surface area contributed by atoms with Crippen LogP contribution in [0.1, 0.15) is 47.5 Å². The quantitative estimate of drug-likeness (QED) is 0.0432. The molecule has 0 radical (unpaired) electrons. The third kappa shape index (κ3) is 14.1. The number of nitrogen functional groups attached to an aromatic ring is 2. The number of anilines is 2. The second-order valence-electron chi connectivity index (χ2n) is 8.56. The van der Waals surface area contributed by atoms with E-state index in [0.717, 1.165) is 67.7 Å². The lowest BCUT2D eigenvalue weighted by atomic mass is 10.2. The van der Waals surface area contributed by atoms with Crippen molar-refractivity contribution in [2.75, 3.05) is 11.5 Å². The normalized spacial score (nSPS) is 9.50. The summed E-state index contributed by atoms with van der Waals surface area (Å²) in [4.78, 5) is 16.4. The number of H-pyrrole nitrogens is 2. The summed E-state index contributed by atoms with van der Waals surface area (Å²) < 4.78 is 1.88. The van der Waals surface area contributed by atoms with E-state index in [0.29, 0.717) is 18.4 Å². The van der Waals surface area contributed by atoms with Crippen LogP contribution in [0.3, 0.4) is 0 Å². The Hall–Kier alpha value is -3.99. The molecule has 0 aliphatic carbocycles. The summed E-state index contributed by atoms with van der Waals surface area (Å²) >= 11 is 3.30. The van der Waals surface area contributed by atoms with Crippen LogP contribution in [-0.2, 0) is 32.4 Å². The highest BCUT2D eigenvalue weighted by atomic mass is 35.5. The van der Waals surface area contributed by atoms with Gasteiger partial charge in [-0.2, -0.15) is 22.7 Å². The van der Waals surface area contributed by atoms with Gasteiger partial charge in [-0.05, 0) is 82.4 Å². The highest BCUT2D eigenvalue weighted by molar-refractivity contribution is 7.08. The van der Waals surface area contributed by atoms with E-state index in [9.17, 15) is 0 Å². The standard InChI is InChI=1S/C13H16N6S.C8H11N3.C5H5N3S.2ClH/c14-13-15-6-11(16-13)2-1-3-12-8-19(18-17-12)7-10-4-5-20-9-10;1-2-3-4-5-7-6-10-8(9)11-7;6-8-7-3-5-1-2-9-4-5;;/h4-6,8-9H,1-3,7H2,(H3,14,15,16);1,6H,3-5H2,(H3,9,10,11);1-2,4H,3H2;2*1H. The number of hydrogen-bond acceptors (Lipinski definition) is 9. The molecule has 0 aromatic carbocycles. The molecule has 6 N–H and O–H groups in total. The SMILES string of the molecule is C#CCCCc1cnc(N)[nH]1.Cl.Cl.Nc1ncc(CCCc2cn(Cc3ccsc3)nn2)[nH]1.[N-]=[N+]=NCc1ccsc1. The fraction of sp³-hybridized carbons (Fsp3) is 0.308. The average molecular weight is 650 g/mol. The number of nitrogens with two attached hydrogens (primary N) is 2. The lowest BCUT2D eigenvalue weighted by Crippen LogP contribution is -1.98. The number of aryl methyl sites for hydroxylation is 3. The number of aromatic amines is 2. The van der Waals surface area contributed by atoms with Crippen LogP contribution in [0, 0.1) is 12.3 Å². The lowest BCUT2D eigenvalue weighted by molar-refractivity contribution is 0.650. The molecule has 0 saturated heterocycles. The molecule has 16 heteroatoms. The maximum atomic E-state index is 7.93. The first-order valence-electron chi connectivity index (χ1n) is 12.5. The molecular formula is C26H34Cl2N12S2. The van der Waals surface area contributed by atoms with Gasteiger partial charge in [0, 0.05) is 28.9 Å². The van der Waals surface area contributed by atoms with E-state index >= 15 is 0 Å². The van der Waals surface area contributed by atoms with Gasteiger partial charge in [0.05, 0.1) is 31.2 Å². The Bertz CT molecular complexity index is 1460. The van der Waals surface area contributed by atoms with Crippen LogP contribution in [-0.4, -0.2) is 34.9 Å². The van der Waals surface area contributed by atoms with Crippen LogP contribution in [0.4, 0.5) is 11.9 Å². The molecule has 224 valence electrons. The Labute approximate surface area is 264 Å². The molecule has 0 amide bonds. The molecular weight excluding hydrogens is 615 g/mol. The van der Waals surface area contributed by atoms with Crippen LogP contribution < -0.4 is 11.5 Å². The summed E-state index contributed by atoms with van der Waals surface area (Å²) in [7, 11) is 0. The average Bonchev–Trinajstić information content (AvgIpc) is 3.78. The van der Waals surface area contributed by atoms with Crippen molar-refractivity contribution in [2.45, 2.75) is 51.6 Å². The maximum Gasteiger partial charge on any atom is 0.197 e. The Morgan fingerprint density at radius 2 is 1.57 bits per heavy atom. The Morgan fingerprint density at radius 3 is 2.10 bits per heavy atom. The van der Waals surface area contributed by atoms with E-state index in [-0.39, 0.29) is 24.8 Å². The summed E-state index contributed by atoms with van der Waals surface area (Å²) in [6.45, 7) is 1.26. The Kier molecular flexibility index (Phi) is 17.9. The monoisotopic (exact) mass is 648 g/mol. The summed E-state index contributed by atoms with van der Waals surface area (Å²) in [6, 6.07) is 4.05. The second-order valence-corrected chi connectivity index (χ2v) is 10.1. The number of rotatable bonds is 11. The van der Waals surface area contributed by atoms with Gasteiger partial charge in [-0.15, -0.1) is 42.3 Å². The molecule has 42 heavy (non-hydrogen) atoms. The molecule has 0 atom stereocenters. The van der Waals surface area contributed by atoms with E-state index < -0.39 is 0 Å². The number of hydrogen-bond donors (Lipinski definition) is 4. The molecule has 0 spiro atoms. The predicted octanol–water partition coefficient (Wildman–Crippen LogP) is 6.22. The minimum Gasteiger partial charge on any atom is -0.369 e. The first kappa shape index (κ1) is 36.0. The smallest absolute Gasteiger partial charge is 0.197 e. The largest absolute Gasteiger partial charge is 0.369 e. The number of terminal acetylenes is 1. The van der Waals surface area contributed by atoms with Gasteiger partial charge in [0.1, 0.15) is 0 Å². The zero-order valence-electron chi connectivity index (χ0n) is 22.8.